The lowest BCUT2D eigenvalue weighted by Gasteiger charge is -2.10. The van der Waals surface area contributed by atoms with Gasteiger partial charge >= 0.3 is 0 Å². The number of sulfone groups is 1. The Bertz CT molecular complexity index is 384. The second kappa shape index (κ2) is 5.56. The van der Waals surface area contributed by atoms with Gasteiger partial charge in [-0.15, -0.1) is 0 Å². The van der Waals surface area contributed by atoms with Gasteiger partial charge in [-0.25, -0.2) is 8.42 Å². The summed E-state index contributed by atoms with van der Waals surface area (Å²) in [5, 5.41) is 0.355. The second-order valence-corrected chi connectivity index (χ2v) is 7.26. The van der Waals surface area contributed by atoms with Gasteiger partial charge in [0.2, 0.25) is 0 Å². The highest BCUT2D eigenvalue weighted by Crippen LogP contribution is 2.27. The average molecular weight is 244 g/mol. The zero-order valence-corrected chi connectivity index (χ0v) is 10.6. The second-order valence-electron chi connectivity index (χ2n) is 3.55. The van der Waals surface area contributed by atoms with Gasteiger partial charge < -0.3 is 0 Å². The largest absolute Gasteiger partial charge is 0.229 e. The minimum absolute atomic E-state index is 0.259. The van der Waals surface area contributed by atoms with E-state index in [1.165, 1.54) is 11.8 Å². The van der Waals surface area contributed by atoms with Crippen molar-refractivity contribution < 1.29 is 8.42 Å². The quantitative estimate of drug-likeness (QED) is 0.798. The third-order valence-electron chi connectivity index (χ3n) is 2.09. The molecule has 0 aliphatic carbocycles. The molecule has 0 N–H and O–H groups in total. The Morgan fingerprint density at radius 1 is 1.27 bits per heavy atom. The number of benzene rings is 1. The van der Waals surface area contributed by atoms with Crippen LogP contribution in [0.2, 0.25) is 0 Å². The minimum atomic E-state index is -2.82. The van der Waals surface area contributed by atoms with E-state index >= 15 is 0 Å². The van der Waals surface area contributed by atoms with E-state index in [2.05, 4.69) is 19.1 Å². The van der Waals surface area contributed by atoms with E-state index in [-0.39, 0.29) is 5.75 Å². The van der Waals surface area contributed by atoms with Gasteiger partial charge in [0.25, 0.3) is 0 Å². The Balaban J connectivity index is 2.41. The fourth-order valence-electron chi connectivity index (χ4n) is 1.20. The molecule has 0 fully saturated rings. The molecule has 1 aromatic carbocycles. The third kappa shape index (κ3) is 5.23. The highest BCUT2D eigenvalue weighted by molar-refractivity contribution is 8.00. The van der Waals surface area contributed by atoms with Crippen LogP contribution in [0.15, 0.2) is 30.3 Å². The number of rotatable bonds is 5. The molecule has 84 valence electrons. The van der Waals surface area contributed by atoms with Crippen LogP contribution in [0, 0.1) is 0 Å². The molecule has 0 saturated heterocycles. The van der Waals surface area contributed by atoms with E-state index in [1.807, 2.05) is 18.2 Å². The summed E-state index contributed by atoms with van der Waals surface area (Å²) < 4.78 is 21.9. The van der Waals surface area contributed by atoms with Crippen molar-refractivity contribution in [2.75, 3.05) is 17.8 Å². The predicted molar refractivity (Wildman–Crippen MR) is 67.0 cm³/mol. The maximum absolute atomic E-state index is 10.9. The fraction of sp³-hybridized carbons (Fsp3) is 0.455. The summed E-state index contributed by atoms with van der Waals surface area (Å²) in [6.45, 7) is 2.10. The van der Waals surface area contributed by atoms with Gasteiger partial charge in [-0.2, -0.15) is 11.8 Å². The highest BCUT2D eigenvalue weighted by atomic mass is 32.2. The van der Waals surface area contributed by atoms with Crippen molar-refractivity contribution in [2.24, 2.45) is 0 Å². The molecule has 0 aliphatic rings. The van der Waals surface area contributed by atoms with Crippen LogP contribution in [-0.4, -0.2) is 26.2 Å². The van der Waals surface area contributed by atoms with Crippen molar-refractivity contribution in [3.05, 3.63) is 35.9 Å². The molecule has 4 heteroatoms. The molecule has 2 nitrogen and oxygen atoms in total. The zero-order chi connectivity index (χ0) is 11.3. The van der Waals surface area contributed by atoms with Crippen LogP contribution in [0.3, 0.4) is 0 Å². The average Bonchev–Trinajstić information content (AvgIpc) is 2.17. The molecule has 0 radical (unpaired) electrons. The Morgan fingerprint density at radius 2 is 1.87 bits per heavy atom. The standard InChI is InChI=1S/C11H16O2S2/c1-10(11-6-4-3-5-7-11)14-8-9-15(2,12)13/h3-7,10H,8-9H2,1-2H3. The van der Waals surface area contributed by atoms with Gasteiger partial charge in [-0.05, 0) is 12.5 Å². The van der Waals surface area contributed by atoms with Gasteiger partial charge in [0.1, 0.15) is 9.84 Å². The molecule has 1 rings (SSSR count). The summed E-state index contributed by atoms with van der Waals surface area (Å²) in [6.07, 6.45) is 1.28. The van der Waals surface area contributed by atoms with Crippen LogP contribution in [0.1, 0.15) is 17.7 Å². The summed E-state index contributed by atoms with van der Waals surface area (Å²) in [5.41, 5.74) is 1.25. The van der Waals surface area contributed by atoms with Crippen molar-refractivity contribution in [3.8, 4) is 0 Å². The fourth-order valence-corrected chi connectivity index (χ4v) is 3.50. The predicted octanol–water partition coefficient (Wildman–Crippen LogP) is 2.53. The van der Waals surface area contributed by atoms with Crippen LogP contribution in [0.4, 0.5) is 0 Å². The third-order valence-corrected chi connectivity index (χ3v) is 4.51. The lowest BCUT2D eigenvalue weighted by atomic mass is 10.2. The van der Waals surface area contributed by atoms with Crippen molar-refractivity contribution in [3.63, 3.8) is 0 Å². The molecule has 0 spiro atoms. The molecule has 0 heterocycles. The van der Waals surface area contributed by atoms with Gasteiger partial charge in [0.15, 0.2) is 0 Å². The van der Waals surface area contributed by atoms with Gasteiger partial charge in [-0.3, -0.25) is 0 Å². The molecular formula is C11H16O2S2. The molecule has 0 saturated carbocycles. The van der Waals surface area contributed by atoms with Crippen LogP contribution >= 0.6 is 11.8 Å². The lowest BCUT2D eigenvalue weighted by Crippen LogP contribution is -2.06. The monoisotopic (exact) mass is 244 g/mol. The van der Waals surface area contributed by atoms with Crippen LogP contribution in [0.5, 0.6) is 0 Å². The van der Waals surface area contributed by atoms with E-state index < -0.39 is 9.84 Å². The van der Waals surface area contributed by atoms with Crippen molar-refractivity contribution in [1.29, 1.82) is 0 Å². The van der Waals surface area contributed by atoms with E-state index in [0.717, 1.165) is 0 Å². The summed E-state index contributed by atoms with van der Waals surface area (Å²) >= 11 is 1.68. The van der Waals surface area contributed by atoms with Gasteiger partial charge in [0.05, 0.1) is 5.75 Å². The first-order valence-electron chi connectivity index (χ1n) is 4.83. The normalized spacial score (nSPS) is 13.7. The van der Waals surface area contributed by atoms with Gasteiger partial charge in [-0.1, -0.05) is 30.3 Å². The maximum atomic E-state index is 10.9. The molecular weight excluding hydrogens is 228 g/mol. The first-order valence-corrected chi connectivity index (χ1v) is 7.94. The topological polar surface area (TPSA) is 34.1 Å². The smallest absolute Gasteiger partial charge is 0.148 e. The van der Waals surface area contributed by atoms with Crippen molar-refractivity contribution >= 4 is 21.6 Å². The molecule has 0 aliphatic heterocycles. The summed E-state index contributed by atoms with van der Waals surface area (Å²) in [5.74, 6) is 0.920. The van der Waals surface area contributed by atoms with E-state index in [4.69, 9.17) is 0 Å². The Kier molecular flexibility index (Phi) is 4.67. The Morgan fingerprint density at radius 3 is 2.40 bits per heavy atom. The lowest BCUT2D eigenvalue weighted by molar-refractivity contribution is 0.603. The number of hydrogen-bond donors (Lipinski definition) is 0. The summed E-state index contributed by atoms with van der Waals surface area (Å²) in [4.78, 5) is 0. The highest BCUT2D eigenvalue weighted by Gasteiger charge is 2.07. The number of hydrogen-bond acceptors (Lipinski definition) is 3. The zero-order valence-electron chi connectivity index (χ0n) is 9.01. The molecule has 15 heavy (non-hydrogen) atoms. The van der Waals surface area contributed by atoms with Crippen LogP contribution in [0.25, 0.3) is 0 Å². The van der Waals surface area contributed by atoms with Gasteiger partial charge in [0, 0.05) is 17.3 Å². The van der Waals surface area contributed by atoms with E-state index in [9.17, 15) is 8.42 Å². The first kappa shape index (κ1) is 12.6. The summed E-state index contributed by atoms with van der Waals surface area (Å²) in [7, 11) is -2.82. The minimum Gasteiger partial charge on any atom is -0.229 e. The maximum Gasteiger partial charge on any atom is 0.148 e. The molecule has 0 bridgehead atoms. The van der Waals surface area contributed by atoms with E-state index in [0.29, 0.717) is 11.0 Å². The molecule has 1 atom stereocenters. The Hall–Kier alpha value is -0.480. The number of thioether (sulfide) groups is 1. The summed E-state index contributed by atoms with van der Waals surface area (Å²) in [6, 6.07) is 10.1. The van der Waals surface area contributed by atoms with Crippen LogP contribution < -0.4 is 0 Å². The molecule has 0 amide bonds. The van der Waals surface area contributed by atoms with Crippen LogP contribution in [-0.2, 0) is 9.84 Å². The Labute approximate surface area is 96.0 Å². The van der Waals surface area contributed by atoms with Crippen molar-refractivity contribution in [1.82, 2.24) is 0 Å². The molecule has 1 aromatic rings. The van der Waals surface area contributed by atoms with Crippen molar-refractivity contribution in [2.45, 2.75) is 12.2 Å². The molecule has 1 unspecified atom stereocenters. The van der Waals surface area contributed by atoms with E-state index in [1.54, 1.807) is 11.8 Å². The SMILES string of the molecule is CC(SCCS(C)(=O)=O)c1ccccc1. The first-order chi connectivity index (χ1) is 6.99. The molecule has 0 aromatic heterocycles.